The van der Waals surface area contributed by atoms with E-state index in [1.54, 1.807) is 7.05 Å². The lowest BCUT2D eigenvalue weighted by atomic mass is 10.3. The van der Waals surface area contributed by atoms with Crippen LogP contribution in [0.4, 0.5) is 0 Å². The highest BCUT2D eigenvalue weighted by atomic mass is 15.3. The van der Waals surface area contributed by atoms with E-state index in [-0.39, 0.29) is 0 Å². The molecule has 2 N–H and O–H groups in total. The first-order chi connectivity index (χ1) is 11.2. The number of rotatable bonds is 7. The summed E-state index contributed by atoms with van der Waals surface area (Å²) in [5.74, 6) is 0.828. The highest BCUT2D eigenvalue weighted by Gasteiger charge is 2.01. The molecule has 0 bridgehead atoms. The molecule has 2 aromatic heterocycles. The molecule has 2 heterocycles. The van der Waals surface area contributed by atoms with E-state index in [1.807, 2.05) is 36.0 Å². The van der Waals surface area contributed by atoms with Gasteiger partial charge in [-0.25, -0.2) is 0 Å². The van der Waals surface area contributed by atoms with Crippen LogP contribution in [0.25, 0.3) is 0 Å². The van der Waals surface area contributed by atoms with Gasteiger partial charge >= 0.3 is 0 Å². The summed E-state index contributed by atoms with van der Waals surface area (Å²) in [7, 11) is 1.79. The fourth-order valence-electron chi connectivity index (χ4n) is 2.41. The lowest BCUT2D eigenvalue weighted by molar-refractivity contribution is 0.555. The second kappa shape index (κ2) is 8.92. The van der Waals surface area contributed by atoms with Gasteiger partial charge in [0, 0.05) is 50.7 Å². The highest BCUT2D eigenvalue weighted by Crippen LogP contribution is 2.02. The van der Waals surface area contributed by atoms with Crippen LogP contribution in [0.3, 0.4) is 0 Å². The molecule has 0 aliphatic heterocycles. The summed E-state index contributed by atoms with van der Waals surface area (Å²) in [6, 6.07) is 8.08. The average Bonchev–Trinajstić information content (AvgIpc) is 2.88. The molecule has 2 rings (SSSR count). The van der Waals surface area contributed by atoms with Gasteiger partial charge in [-0.05, 0) is 38.5 Å². The summed E-state index contributed by atoms with van der Waals surface area (Å²) < 4.78 is 2.05. The first-order valence-electron chi connectivity index (χ1n) is 8.04. The molecule has 0 saturated heterocycles. The molecule has 0 atom stereocenters. The number of pyridine rings is 1. The second-order valence-corrected chi connectivity index (χ2v) is 5.50. The first-order valence-corrected chi connectivity index (χ1v) is 8.04. The summed E-state index contributed by atoms with van der Waals surface area (Å²) in [4.78, 5) is 8.55. The Morgan fingerprint density at radius 3 is 2.70 bits per heavy atom. The van der Waals surface area contributed by atoms with Crippen LogP contribution in [0.2, 0.25) is 0 Å². The van der Waals surface area contributed by atoms with E-state index < -0.39 is 0 Å². The van der Waals surface area contributed by atoms with Crippen LogP contribution in [-0.4, -0.2) is 40.9 Å². The van der Waals surface area contributed by atoms with E-state index in [9.17, 15) is 0 Å². The van der Waals surface area contributed by atoms with Crippen LogP contribution in [0.15, 0.2) is 35.5 Å². The molecule has 0 fully saturated rings. The third-order valence-corrected chi connectivity index (χ3v) is 3.57. The van der Waals surface area contributed by atoms with Gasteiger partial charge in [0.2, 0.25) is 0 Å². The summed E-state index contributed by atoms with van der Waals surface area (Å²) in [5, 5.41) is 11.1. The minimum Gasteiger partial charge on any atom is -0.356 e. The summed E-state index contributed by atoms with van der Waals surface area (Å²) in [5.41, 5.74) is 3.36. The van der Waals surface area contributed by atoms with Gasteiger partial charge in [-0.1, -0.05) is 6.07 Å². The van der Waals surface area contributed by atoms with Crippen molar-refractivity contribution in [3.8, 4) is 0 Å². The van der Waals surface area contributed by atoms with Crippen LogP contribution < -0.4 is 10.6 Å². The topological polar surface area (TPSA) is 67.1 Å². The second-order valence-electron chi connectivity index (χ2n) is 5.50. The maximum absolute atomic E-state index is 4.47. The standard InChI is InChI=1S/C17H26N6/c1-14-13-15(2)23(22-14)12-6-10-20-17(18-3)21-11-8-16-7-4-5-9-19-16/h4-5,7,9,13H,6,8,10-12H2,1-3H3,(H2,18,20,21). The van der Waals surface area contributed by atoms with Crippen molar-refractivity contribution in [1.29, 1.82) is 0 Å². The number of aryl methyl sites for hydroxylation is 3. The maximum Gasteiger partial charge on any atom is 0.190 e. The van der Waals surface area contributed by atoms with Crippen molar-refractivity contribution in [2.75, 3.05) is 20.1 Å². The Hall–Kier alpha value is -2.37. The minimum atomic E-state index is 0.814. The normalized spacial score (nSPS) is 11.5. The molecule has 6 nitrogen and oxygen atoms in total. The minimum absolute atomic E-state index is 0.814. The quantitative estimate of drug-likeness (QED) is 0.464. The molecule has 124 valence electrons. The van der Waals surface area contributed by atoms with E-state index in [2.05, 4.69) is 38.7 Å². The van der Waals surface area contributed by atoms with Crippen molar-refractivity contribution in [1.82, 2.24) is 25.4 Å². The fourth-order valence-corrected chi connectivity index (χ4v) is 2.41. The molecule has 0 saturated carbocycles. The van der Waals surface area contributed by atoms with Crippen LogP contribution in [0.5, 0.6) is 0 Å². The van der Waals surface area contributed by atoms with E-state index in [0.29, 0.717) is 0 Å². The zero-order valence-electron chi connectivity index (χ0n) is 14.2. The number of hydrogen-bond acceptors (Lipinski definition) is 3. The predicted molar refractivity (Wildman–Crippen MR) is 93.6 cm³/mol. The third kappa shape index (κ3) is 5.73. The smallest absolute Gasteiger partial charge is 0.190 e. The molecule has 0 aliphatic carbocycles. The van der Waals surface area contributed by atoms with E-state index >= 15 is 0 Å². The Bertz CT molecular complexity index is 617. The van der Waals surface area contributed by atoms with Gasteiger partial charge in [0.1, 0.15) is 0 Å². The summed E-state index contributed by atoms with van der Waals surface area (Å²) in [6.45, 7) is 6.70. The van der Waals surface area contributed by atoms with Crippen molar-refractivity contribution >= 4 is 5.96 Å². The van der Waals surface area contributed by atoms with Gasteiger partial charge in [-0.3, -0.25) is 14.7 Å². The van der Waals surface area contributed by atoms with Gasteiger partial charge in [0.05, 0.1) is 5.69 Å². The Kier molecular flexibility index (Phi) is 6.59. The highest BCUT2D eigenvalue weighted by molar-refractivity contribution is 5.79. The number of nitrogens with one attached hydrogen (secondary N) is 2. The van der Waals surface area contributed by atoms with Crippen LogP contribution in [0.1, 0.15) is 23.5 Å². The predicted octanol–water partition coefficient (Wildman–Crippen LogP) is 1.69. The molecular formula is C17H26N6. The maximum atomic E-state index is 4.47. The number of aromatic nitrogens is 3. The van der Waals surface area contributed by atoms with E-state index in [1.165, 1.54) is 5.69 Å². The Morgan fingerprint density at radius 1 is 1.22 bits per heavy atom. The Balaban J connectivity index is 1.64. The molecular weight excluding hydrogens is 288 g/mol. The zero-order chi connectivity index (χ0) is 16.5. The van der Waals surface area contributed by atoms with Gasteiger partial charge in [-0.2, -0.15) is 5.10 Å². The van der Waals surface area contributed by atoms with Crippen molar-refractivity contribution < 1.29 is 0 Å². The van der Waals surface area contributed by atoms with Gasteiger partial charge < -0.3 is 10.6 Å². The molecule has 23 heavy (non-hydrogen) atoms. The van der Waals surface area contributed by atoms with Crippen LogP contribution in [0, 0.1) is 13.8 Å². The van der Waals surface area contributed by atoms with E-state index in [4.69, 9.17) is 0 Å². The van der Waals surface area contributed by atoms with Gasteiger partial charge in [0.25, 0.3) is 0 Å². The molecule has 2 aromatic rings. The lowest BCUT2D eigenvalue weighted by Crippen LogP contribution is -2.39. The lowest BCUT2D eigenvalue weighted by Gasteiger charge is -2.12. The molecule has 0 radical (unpaired) electrons. The van der Waals surface area contributed by atoms with Gasteiger partial charge in [0.15, 0.2) is 5.96 Å². The number of nitrogens with zero attached hydrogens (tertiary/aromatic N) is 4. The largest absolute Gasteiger partial charge is 0.356 e. The van der Waals surface area contributed by atoms with Crippen molar-refractivity contribution in [3.63, 3.8) is 0 Å². The van der Waals surface area contributed by atoms with Crippen molar-refractivity contribution in [3.05, 3.63) is 47.5 Å². The molecule has 0 amide bonds. The molecule has 0 aliphatic rings. The molecule has 0 spiro atoms. The average molecular weight is 314 g/mol. The number of guanidine groups is 1. The fraction of sp³-hybridized carbons (Fsp3) is 0.471. The van der Waals surface area contributed by atoms with Crippen LogP contribution in [-0.2, 0) is 13.0 Å². The zero-order valence-corrected chi connectivity index (χ0v) is 14.2. The Morgan fingerprint density at radius 2 is 2.04 bits per heavy atom. The van der Waals surface area contributed by atoms with Crippen LogP contribution >= 0.6 is 0 Å². The summed E-state index contributed by atoms with van der Waals surface area (Å²) >= 11 is 0. The molecule has 0 aromatic carbocycles. The SMILES string of the molecule is CN=C(NCCCn1nc(C)cc1C)NCCc1ccccn1. The third-order valence-electron chi connectivity index (χ3n) is 3.57. The van der Waals surface area contributed by atoms with Crippen molar-refractivity contribution in [2.45, 2.75) is 33.2 Å². The first kappa shape index (κ1) is 17.0. The number of hydrogen-bond donors (Lipinski definition) is 2. The summed E-state index contributed by atoms with van der Waals surface area (Å²) in [6.07, 6.45) is 3.71. The van der Waals surface area contributed by atoms with Crippen molar-refractivity contribution in [2.24, 2.45) is 4.99 Å². The van der Waals surface area contributed by atoms with Gasteiger partial charge in [-0.15, -0.1) is 0 Å². The molecule has 0 unspecified atom stereocenters. The molecule has 6 heteroatoms. The van der Waals surface area contributed by atoms with E-state index in [0.717, 1.165) is 49.8 Å². The number of aliphatic imine (C=N–C) groups is 1. The Labute approximate surface area is 138 Å². The monoisotopic (exact) mass is 314 g/mol.